The number of rotatable bonds is 4. The molecule has 1 aromatic heterocycles. The van der Waals surface area contributed by atoms with Crippen molar-refractivity contribution < 1.29 is 9.57 Å². The van der Waals surface area contributed by atoms with E-state index < -0.39 is 0 Å². The van der Waals surface area contributed by atoms with Crippen molar-refractivity contribution in [1.82, 2.24) is 4.98 Å². The molecule has 0 bridgehead atoms. The van der Waals surface area contributed by atoms with Crippen molar-refractivity contribution in [3.8, 4) is 5.75 Å². The Morgan fingerprint density at radius 1 is 1.47 bits per heavy atom. The third kappa shape index (κ3) is 2.68. The molecule has 0 saturated heterocycles. The van der Waals surface area contributed by atoms with E-state index in [4.69, 9.17) is 15.5 Å². The molecule has 15 heavy (non-hydrogen) atoms. The average Bonchev–Trinajstić information content (AvgIpc) is 2.16. The molecule has 1 aromatic rings. The molecule has 4 nitrogen and oxygen atoms in total. The van der Waals surface area contributed by atoms with Gasteiger partial charge in [-0.1, -0.05) is 13.8 Å². The number of pyridine rings is 1. The summed E-state index contributed by atoms with van der Waals surface area (Å²) in [5.74, 6) is 5.85. The van der Waals surface area contributed by atoms with E-state index in [2.05, 4.69) is 20.9 Å². The molecule has 1 heterocycles. The summed E-state index contributed by atoms with van der Waals surface area (Å²) in [5, 5.41) is 0. The van der Waals surface area contributed by atoms with Gasteiger partial charge in [0, 0.05) is 21.6 Å². The van der Waals surface area contributed by atoms with E-state index in [-0.39, 0.29) is 5.41 Å². The van der Waals surface area contributed by atoms with Crippen molar-refractivity contribution in [2.75, 3.05) is 13.7 Å². The standard InChI is InChI=1S/C10H15BrN2O2/c1-10(2,6-15-12)9-7(11)4-13-5-8(9)14-3/h4-5H,6,12H2,1-3H3. The van der Waals surface area contributed by atoms with Crippen molar-refractivity contribution in [2.45, 2.75) is 19.3 Å². The number of halogens is 1. The van der Waals surface area contributed by atoms with Gasteiger partial charge in [0.05, 0.1) is 19.9 Å². The molecule has 0 fully saturated rings. The number of hydrogen-bond acceptors (Lipinski definition) is 4. The van der Waals surface area contributed by atoms with Crippen LogP contribution in [0, 0.1) is 0 Å². The van der Waals surface area contributed by atoms with Gasteiger partial charge >= 0.3 is 0 Å². The summed E-state index contributed by atoms with van der Waals surface area (Å²) >= 11 is 3.45. The number of nitrogens with zero attached hydrogens (tertiary/aromatic N) is 1. The first-order chi connectivity index (χ1) is 7.03. The molecule has 5 heteroatoms. The summed E-state index contributed by atoms with van der Waals surface area (Å²) in [5.41, 5.74) is 0.771. The monoisotopic (exact) mass is 274 g/mol. The molecular weight excluding hydrogens is 260 g/mol. The smallest absolute Gasteiger partial charge is 0.142 e. The first-order valence-corrected chi connectivity index (χ1v) is 5.32. The molecule has 2 N–H and O–H groups in total. The summed E-state index contributed by atoms with van der Waals surface area (Å²) in [4.78, 5) is 8.76. The SMILES string of the molecule is COc1cncc(Br)c1C(C)(C)CON. The number of aromatic nitrogens is 1. The van der Waals surface area contributed by atoms with Crippen LogP contribution < -0.4 is 10.6 Å². The predicted octanol–water partition coefficient (Wildman–Crippen LogP) is 2.02. The maximum Gasteiger partial charge on any atom is 0.142 e. The molecule has 1 rings (SSSR count). The maximum absolute atomic E-state index is 5.27. The van der Waals surface area contributed by atoms with Crippen LogP contribution in [-0.2, 0) is 10.3 Å². The summed E-state index contributed by atoms with van der Waals surface area (Å²) in [7, 11) is 1.62. The molecule has 0 aliphatic rings. The van der Waals surface area contributed by atoms with E-state index >= 15 is 0 Å². The maximum atomic E-state index is 5.27. The van der Waals surface area contributed by atoms with E-state index in [9.17, 15) is 0 Å². The Balaban J connectivity index is 3.21. The van der Waals surface area contributed by atoms with Crippen molar-refractivity contribution >= 4 is 15.9 Å². The Bertz CT molecular complexity index is 342. The molecule has 0 radical (unpaired) electrons. The Hall–Kier alpha value is -0.650. The largest absolute Gasteiger partial charge is 0.495 e. The fraction of sp³-hybridized carbons (Fsp3) is 0.500. The van der Waals surface area contributed by atoms with Crippen molar-refractivity contribution in [3.63, 3.8) is 0 Å². The van der Waals surface area contributed by atoms with Crippen LogP contribution in [0.1, 0.15) is 19.4 Å². The summed E-state index contributed by atoms with van der Waals surface area (Å²) in [6.45, 7) is 4.47. The fourth-order valence-electron chi connectivity index (χ4n) is 1.51. The Labute approximate surface area is 97.9 Å². The van der Waals surface area contributed by atoms with Crippen LogP contribution in [0.2, 0.25) is 0 Å². The number of ether oxygens (including phenoxy) is 1. The summed E-state index contributed by atoms with van der Waals surface area (Å²) in [6, 6.07) is 0. The number of hydrogen-bond donors (Lipinski definition) is 1. The molecule has 0 amide bonds. The van der Waals surface area contributed by atoms with E-state index in [0.717, 1.165) is 15.8 Å². The van der Waals surface area contributed by atoms with Gasteiger partial charge in [-0.25, -0.2) is 5.90 Å². The van der Waals surface area contributed by atoms with Crippen LogP contribution in [0.4, 0.5) is 0 Å². The molecule has 0 aliphatic heterocycles. The highest BCUT2D eigenvalue weighted by Crippen LogP contribution is 2.36. The predicted molar refractivity (Wildman–Crippen MR) is 61.7 cm³/mol. The van der Waals surface area contributed by atoms with Gasteiger partial charge in [0.1, 0.15) is 5.75 Å². The topological polar surface area (TPSA) is 57.4 Å². The molecule has 0 aliphatic carbocycles. The second-order valence-electron chi connectivity index (χ2n) is 3.89. The van der Waals surface area contributed by atoms with Crippen LogP contribution >= 0.6 is 15.9 Å². The van der Waals surface area contributed by atoms with Gasteiger partial charge in [-0.15, -0.1) is 0 Å². The van der Waals surface area contributed by atoms with E-state index in [0.29, 0.717) is 6.61 Å². The Morgan fingerprint density at radius 2 is 2.13 bits per heavy atom. The minimum atomic E-state index is -0.234. The Morgan fingerprint density at radius 3 is 2.67 bits per heavy atom. The van der Waals surface area contributed by atoms with Gasteiger partial charge in [-0.3, -0.25) is 4.98 Å². The zero-order valence-electron chi connectivity index (χ0n) is 9.08. The van der Waals surface area contributed by atoms with Gasteiger partial charge in [-0.05, 0) is 15.9 Å². The molecule has 0 aromatic carbocycles. The van der Waals surface area contributed by atoms with Crippen molar-refractivity contribution in [3.05, 3.63) is 22.4 Å². The summed E-state index contributed by atoms with van der Waals surface area (Å²) < 4.78 is 6.16. The van der Waals surface area contributed by atoms with Crippen LogP contribution in [0.15, 0.2) is 16.9 Å². The lowest BCUT2D eigenvalue weighted by Gasteiger charge is -2.26. The lowest BCUT2D eigenvalue weighted by molar-refractivity contribution is 0.0951. The highest BCUT2D eigenvalue weighted by molar-refractivity contribution is 9.10. The van der Waals surface area contributed by atoms with Gasteiger partial charge < -0.3 is 9.57 Å². The zero-order valence-corrected chi connectivity index (χ0v) is 10.7. The fourth-order valence-corrected chi connectivity index (χ4v) is 2.36. The van der Waals surface area contributed by atoms with Crippen LogP contribution in [0.3, 0.4) is 0 Å². The molecule has 0 saturated carbocycles. The number of nitrogens with two attached hydrogens (primary N) is 1. The highest BCUT2D eigenvalue weighted by Gasteiger charge is 2.27. The van der Waals surface area contributed by atoms with Crippen molar-refractivity contribution in [2.24, 2.45) is 5.90 Å². The van der Waals surface area contributed by atoms with Crippen LogP contribution in [-0.4, -0.2) is 18.7 Å². The third-order valence-corrected chi connectivity index (χ3v) is 2.81. The minimum absolute atomic E-state index is 0.234. The second-order valence-corrected chi connectivity index (χ2v) is 4.75. The quantitative estimate of drug-likeness (QED) is 0.854. The van der Waals surface area contributed by atoms with E-state index in [1.807, 2.05) is 13.8 Å². The third-order valence-electron chi connectivity index (χ3n) is 2.21. The molecule has 0 atom stereocenters. The zero-order chi connectivity index (χ0) is 11.5. The molecular formula is C10H15BrN2O2. The lowest BCUT2D eigenvalue weighted by atomic mass is 9.85. The van der Waals surface area contributed by atoms with Crippen LogP contribution in [0.25, 0.3) is 0 Å². The van der Waals surface area contributed by atoms with Gasteiger partial charge in [0.2, 0.25) is 0 Å². The van der Waals surface area contributed by atoms with Gasteiger partial charge in [0.15, 0.2) is 0 Å². The lowest BCUT2D eigenvalue weighted by Crippen LogP contribution is -2.27. The van der Waals surface area contributed by atoms with E-state index in [1.54, 1.807) is 19.5 Å². The second kappa shape index (κ2) is 4.92. The highest BCUT2D eigenvalue weighted by atomic mass is 79.9. The summed E-state index contributed by atoms with van der Waals surface area (Å²) in [6.07, 6.45) is 3.41. The van der Waals surface area contributed by atoms with E-state index in [1.165, 1.54) is 0 Å². The minimum Gasteiger partial charge on any atom is -0.495 e. The molecule has 84 valence electrons. The molecule has 0 unspecified atom stereocenters. The first kappa shape index (κ1) is 12.4. The normalized spacial score (nSPS) is 11.5. The average molecular weight is 275 g/mol. The number of methoxy groups -OCH3 is 1. The molecule has 0 spiro atoms. The van der Waals surface area contributed by atoms with Gasteiger partial charge in [-0.2, -0.15) is 0 Å². The van der Waals surface area contributed by atoms with Crippen molar-refractivity contribution in [1.29, 1.82) is 0 Å². The Kier molecular flexibility index (Phi) is 4.07. The van der Waals surface area contributed by atoms with Gasteiger partial charge in [0.25, 0.3) is 0 Å². The van der Waals surface area contributed by atoms with Crippen LogP contribution in [0.5, 0.6) is 5.75 Å². The first-order valence-electron chi connectivity index (χ1n) is 4.52.